The molecule has 98 valence electrons. The SMILES string of the molecule is CCC(Br)C(=O)Nc1ccc(Cl)c(C(=O)NC)c1. The lowest BCUT2D eigenvalue weighted by Gasteiger charge is -2.10. The number of carbonyl (C=O) groups is 2. The molecule has 0 saturated heterocycles. The van der Waals surface area contributed by atoms with Gasteiger partial charge in [0.2, 0.25) is 5.91 Å². The fourth-order valence-corrected chi connectivity index (χ4v) is 1.64. The molecule has 1 aromatic rings. The molecule has 18 heavy (non-hydrogen) atoms. The molecular formula is C12H14BrClN2O2. The van der Waals surface area contributed by atoms with Crippen LogP contribution < -0.4 is 10.6 Å². The molecular weight excluding hydrogens is 320 g/mol. The van der Waals surface area contributed by atoms with E-state index >= 15 is 0 Å². The largest absolute Gasteiger partial charge is 0.355 e. The number of amides is 2. The van der Waals surface area contributed by atoms with Gasteiger partial charge in [-0.15, -0.1) is 0 Å². The normalized spacial score (nSPS) is 11.8. The van der Waals surface area contributed by atoms with Gasteiger partial charge in [-0.25, -0.2) is 0 Å². The second-order valence-electron chi connectivity index (χ2n) is 3.64. The van der Waals surface area contributed by atoms with Gasteiger partial charge in [0.15, 0.2) is 0 Å². The highest BCUT2D eigenvalue weighted by atomic mass is 79.9. The summed E-state index contributed by atoms with van der Waals surface area (Å²) >= 11 is 9.17. The molecule has 2 N–H and O–H groups in total. The van der Waals surface area contributed by atoms with Crippen LogP contribution in [0.25, 0.3) is 0 Å². The topological polar surface area (TPSA) is 58.2 Å². The molecule has 1 aromatic carbocycles. The third-order valence-electron chi connectivity index (χ3n) is 2.35. The summed E-state index contributed by atoms with van der Waals surface area (Å²) in [6.45, 7) is 1.90. The minimum absolute atomic E-state index is 0.150. The monoisotopic (exact) mass is 332 g/mol. The predicted molar refractivity (Wildman–Crippen MR) is 76.5 cm³/mol. The Kier molecular flexibility index (Phi) is 5.62. The second-order valence-corrected chi connectivity index (χ2v) is 5.15. The minimum Gasteiger partial charge on any atom is -0.355 e. The van der Waals surface area contributed by atoms with Crippen molar-refractivity contribution in [1.82, 2.24) is 5.32 Å². The Bertz CT molecular complexity index is 465. The van der Waals surface area contributed by atoms with Gasteiger partial charge >= 0.3 is 0 Å². The van der Waals surface area contributed by atoms with E-state index < -0.39 is 0 Å². The summed E-state index contributed by atoms with van der Waals surface area (Å²) in [6.07, 6.45) is 0.682. The van der Waals surface area contributed by atoms with Gasteiger partial charge in [-0.3, -0.25) is 9.59 Å². The third-order valence-corrected chi connectivity index (χ3v) is 3.74. The van der Waals surface area contributed by atoms with Crippen molar-refractivity contribution in [3.63, 3.8) is 0 Å². The smallest absolute Gasteiger partial charge is 0.252 e. The van der Waals surface area contributed by atoms with Crippen LogP contribution in [0.3, 0.4) is 0 Å². The van der Waals surface area contributed by atoms with Crippen LogP contribution in [0.4, 0.5) is 5.69 Å². The number of rotatable bonds is 4. The van der Waals surface area contributed by atoms with E-state index in [1.165, 1.54) is 7.05 Å². The molecule has 0 spiro atoms. The van der Waals surface area contributed by atoms with Crippen LogP contribution in [0.2, 0.25) is 5.02 Å². The van der Waals surface area contributed by atoms with Crippen LogP contribution >= 0.6 is 27.5 Å². The summed E-state index contributed by atoms with van der Waals surface area (Å²) in [4.78, 5) is 23.0. The first-order valence-corrected chi connectivity index (χ1v) is 6.75. The number of anilines is 1. The summed E-state index contributed by atoms with van der Waals surface area (Å²) in [6, 6.07) is 4.79. The van der Waals surface area contributed by atoms with E-state index in [1.54, 1.807) is 18.2 Å². The highest BCUT2D eigenvalue weighted by molar-refractivity contribution is 9.10. The molecule has 0 radical (unpaired) electrons. The highest BCUT2D eigenvalue weighted by Gasteiger charge is 2.14. The number of halogens is 2. The standard InChI is InChI=1S/C12H14BrClN2O2/c1-3-9(13)12(18)16-7-4-5-10(14)8(6-7)11(17)15-2/h4-6,9H,3H2,1-2H3,(H,15,17)(H,16,18). The first kappa shape index (κ1) is 15.0. The van der Waals surface area contributed by atoms with Crippen molar-refractivity contribution in [3.05, 3.63) is 28.8 Å². The number of carbonyl (C=O) groups excluding carboxylic acids is 2. The molecule has 0 saturated carbocycles. The lowest BCUT2D eigenvalue weighted by atomic mass is 10.2. The quantitative estimate of drug-likeness (QED) is 0.832. The van der Waals surface area contributed by atoms with E-state index in [0.717, 1.165) is 0 Å². The number of alkyl halides is 1. The molecule has 1 rings (SSSR count). The summed E-state index contributed by atoms with van der Waals surface area (Å²) < 4.78 is 0. The van der Waals surface area contributed by atoms with Crippen molar-refractivity contribution in [2.45, 2.75) is 18.2 Å². The van der Waals surface area contributed by atoms with Crippen molar-refractivity contribution in [2.75, 3.05) is 12.4 Å². The van der Waals surface area contributed by atoms with Crippen molar-refractivity contribution >= 4 is 45.0 Å². The Balaban J connectivity index is 2.92. The van der Waals surface area contributed by atoms with Crippen LogP contribution in [0.15, 0.2) is 18.2 Å². The maximum Gasteiger partial charge on any atom is 0.252 e. The molecule has 0 fully saturated rings. The molecule has 1 unspecified atom stereocenters. The zero-order valence-corrected chi connectivity index (χ0v) is 12.4. The van der Waals surface area contributed by atoms with Crippen molar-refractivity contribution in [3.8, 4) is 0 Å². The van der Waals surface area contributed by atoms with Crippen molar-refractivity contribution < 1.29 is 9.59 Å². The van der Waals surface area contributed by atoms with Gasteiger partial charge < -0.3 is 10.6 Å². The van der Waals surface area contributed by atoms with Gasteiger partial charge in [0.25, 0.3) is 5.91 Å². The van der Waals surface area contributed by atoms with Crippen LogP contribution in [0, 0.1) is 0 Å². The summed E-state index contributed by atoms with van der Waals surface area (Å²) in [7, 11) is 1.52. The first-order chi connectivity index (χ1) is 8.49. The van der Waals surface area contributed by atoms with Gasteiger partial charge in [-0.2, -0.15) is 0 Å². The highest BCUT2D eigenvalue weighted by Crippen LogP contribution is 2.21. The zero-order chi connectivity index (χ0) is 13.7. The average molecular weight is 334 g/mol. The predicted octanol–water partition coefficient (Wildman–Crippen LogP) is 2.81. The van der Waals surface area contributed by atoms with Gasteiger partial charge in [-0.1, -0.05) is 34.5 Å². The summed E-state index contributed by atoms with van der Waals surface area (Å²) in [5.74, 6) is -0.440. The molecule has 0 aliphatic heterocycles. The lowest BCUT2D eigenvalue weighted by molar-refractivity contribution is -0.115. The lowest BCUT2D eigenvalue weighted by Crippen LogP contribution is -2.23. The van der Waals surface area contributed by atoms with Gasteiger partial charge in [0, 0.05) is 12.7 Å². The van der Waals surface area contributed by atoms with Gasteiger partial charge in [0.05, 0.1) is 15.4 Å². The molecule has 0 aromatic heterocycles. The molecule has 0 heterocycles. The molecule has 6 heteroatoms. The van der Waals surface area contributed by atoms with Gasteiger partial charge in [0.1, 0.15) is 0 Å². The number of hydrogen-bond acceptors (Lipinski definition) is 2. The Morgan fingerprint density at radius 3 is 2.67 bits per heavy atom. The molecule has 0 aliphatic carbocycles. The van der Waals surface area contributed by atoms with E-state index in [9.17, 15) is 9.59 Å². The zero-order valence-electron chi connectivity index (χ0n) is 10.1. The number of hydrogen-bond donors (Lipinski definition) is 2. The van der Waals surface area contributed by atoms with Crippen LogP contribution in [-0.2, 0) is 4.79 Å². The van der Waals surface area contributed by atoms with Crippen molar-refractivity contribution in [1.29, 1.82) is 0 Å². The minimum atomic E-state index is -0.290. The molecule has 1 atom stereocenters. The fraction of sp³-hybridized carbons (Fsp3) is 0.333. The van der Waals surface area contributed by atoms with Crippen LogP contribution in [-0.4, -0.2) is 23.7 Å². The molecule has 0 bridgehead atoms. The Morgan fingerprint density at radius 1 is 1.44 bits per heavy atom. The second kappa shape index (κ2) is 6.75. The maximum atomic E-state index is 11.7. The van der Waals surface area contributed by atoms with Gasteiger partial charge in [-0.05, 0) is 24.6 Å². The Labute approximate surface area is 119 Å². The van der Waals surface area contributed by atoms with Crippen LogP contribution in [0.1, 0.15) is 23.7 Å². The Hall–Kier alpha value is -1.07. The van der Waals surface area contributed by atoms with E-state index in [0.29, 0.717) is 22.7 Å². The summed E-state index contributed by atoms with van der Waals surface area (Å²) in [5, 5.41) is 5.55. The molecule has 0 aliphatic rings. The number of benzene rings is 1. The van der Waals surface area contributed by atoms with E-state index in [2.05, 4.69) is 26.6 Å². The third kappa shape index (κ3) is 3.71. The van der Waals surface area contributed by atoms with Crippen LogP contribution in [0.5, 0.6) is 0 Å². The Morgan fingerprint density at radius 2 is 2.11 bits per heavy atom. The summed E-state index contributed by atoms with van der Waals surface area (Å²) in [5.41, 5.74) is 0.875. The van der Waals surface area contributed by atoms with Crippen molar-refractivity contribution in [2.24, 2.45) is 0 Å². The fourth-order valence-electron chi connectivity index (χ4n) is 1.32. The van der Waals surface area contributed by atoms with E-state index in [1.807, 2.05) is 6.92 Å². The van der Waals surface area contributed by atoms with E-state index in [-0.39, 0.29) is 16.6 Å². The molecule has 2 amide bonds. The van der Waals surface area contributed by atoms with E-state index in [4.69, 9.17) is 11.6 Å². The maximum absolute atomic E-state index is 11.7. The number of nitrogens with one attached hydrogen (secondary N) is 2. The first-order valence-electron chi connectivity index (χ1n) is 5.46. The molecule has 4 nitrogen and oxygen atoms in total. The average Bonchev–Trinajstić information content (AvgIpc) is 2.38.